The summed E-state index contributed by atoms with van der Waals surface area (Å²) < 4.78 is 5.01. The molecule has 0 radical (unpaired) electrons. The number of amides is 4. The van der Waals surface area contributed by atoms with Crippen molar-refractivity contribution in [1.82, 2.24) is 19.7 Å². The minimum absolute atomic E-state index is 0.0484. The number of benzene rings is 1. The summed E-state index contributed by atoms with van der Waals surface area (Å²) >= 11 is 0. The second-order valence-electron chi connectivity index (χ2n) is 7.88. The summed E-state index contributed by atoms with van der Waals surface area (Å²) in [5.41, 5.74) is 2.32. The molecule has 4 amide bonds. The molecule has 1 unspecified atom stereocenters. The van der Waals surface area contributed by atoms with Gasteiger partial charge in [0, 0.05) is 43.7 Å². The van der Waals surface area contributed by atoms with Crippen molar-refractivity contribution in [2.75, 3.05) is 39.9 Å². The fraction of sp³-hybridized carbons (Fsp3) is 0.500. The number of hydrogen-bond donors (Lipinski definition) is 1. The average Bonchev–Trinajstić information content (AvgIpc) is 3.14. The van der Waals surface area contributed by atoms with Gasteiger partial charge in [0.25, 0.3) is 5.91 Å². The van der Waals surface area contributed by atoms with Gasteiger partial charge in [-0.25, -0.2) is 4.79 Å². The van der Waals surface area contributed by atoms with Gasteiger partial charge in [0.15, 0.2) is 0 Å². The molecule has 4 rings (SSSR count). The number of aromatic amines is 1. The molecule has 2 fully saturated rings. The third kappa shape index (κ3) is 3.92. The predicted octanol–water partition coefficient (Wildman–Crippen LogP) is 2.00. The van der Waals surface area contributed by atoms with Crippen LogP contribution in [0.1, 0.15) is 24.8 Å². The van der Waals surface area contributed by atoms with Gasteiger partial charge < -0.3 is 19.5 Å². The summed E-state index contributed by atoms with van der Waals surface area (Å²) in [5, 5.41) is 1.20. The number of carbonyl (C=O) groups excluding carboxylic acids is 3. The Bertz CT molecular complexity index is 940. The van der Waals surface area contributed by atoms with Crippen LogP contribution in [0.25, 0.3) is 10.9 Å². The van der Waals surface area contributed by atoms with E-state index in [1.165, 1.54) is 15.8 Å². The van der Waals surface area contributed by atoms with Crippen molar-refractivity contribution in [3.8, 4) is 0 Å². The molecule has 0 aliphatic carbocycles. The fourth-order valence-electron chi connectivity index (χ4n) is 4.40. The highest BCUT2D eigenvalue weighted by atomic mass is 16.5. The summed E-state index contributed by atoms with van der Waals surface area (Å²) in [6.07, 6.45) is 4.69. The molecule has 2 saturated heterocycles. The van der Waals surface area contributed by atoms with E-state index in [4.69, 9.17) is 4.74 Å². The van der Waals surface area contributed by atoms with Crippen molar-refractivity contribution < 1.29 is 19.1 Å². The van der Waals surface area contributed by atoms with Crippen LogP contribution in [0.2, 0.25) is 0 Å². The minimum Gasteiger partial charge on any atom is -0.383 e. The number of imide groups is 1. The molecule has 0 saturated carbocycles. The summed E-state index contributed by atoms with van der Waals surface area (Å²) in [6.45, 7) is 1.92. The van der Waals surface area contributed by atoms with Gasteiger partial charge in [-0.1, -0.05) is 18.2 Å². The van der Waals surface area contributed by atoms with Gasteiger partial charge in [-0.2, -0.15) is 0 Å². The van der Waals surface area contributed by atoms with Crippen molar-refractivity contribution in [3.05, 3.63) is 36.0 Å². The number of nitrogens with zero attached hydrogens (tertiary/aromatic N) is 3. The Labute approximate surface area is 175 Å². The Kier molecular flexibility index (Phi) is 6.03. The minimum atomic E-state index is -0.575. The summed E-state index contributed by atoms with van der Waals surface area (Å²) in [7, 11) is 1.54. The molecule has 160 valence electrons. The monoisotopic (exact) mass is 412 g/mol. The van der Waals surface area contributed by atoms with E-state index >= 15 is 0 Å². The average molecular weight is 412 g/mol. The maximum absolute atomic E-state index is 12.8. The van der Waals surface area contributed by atoms with Gasteiger partial charge in [0.2, 0.25) is 5.91 Å². The first-order valence-electron chi connectivity index (χ1n) is 10.5. The number of aryl methyl sites for hydroxylation is 1. The largest absolute Gasteiger partial charge is 0.383 e. The fourth-order valence-corrected chi connectivity index (χ4v) is 4.40. The Hall–Kier alpha value is -2.87. The maximum atomic E-state index is 12.8. The zero-order valence-electron chi connectivity index (χ0n) is 17.3. The molecule has 2 aliphatic heterocycles. The van der Waals surface area contributed by atoms with Crippen molar-refractivity contribution in [3.63, 3.8) is 0 Å². The Morgan fingerprint density at radius 3 is 2.90 bits per heavy atom. The van der Waals surface area contributed by atoms with E-state index in [0.717, 1.165) is 18.4 Å². The van der Waals surface area contributed by atoms with Gasteiger partial charge in [-0.3, -0.25) is 14.5 Å². The van der Waals surface area contributed by atoms with E-state index in [-0.39, 0.29) is 30.9 Å². The number of ether oxygens (including phenoxy) is 1. The normalized spacial score (nSPS) is 19.5. The lowest BCUT2D eigenvalue weighted by Crippen LogP contribution is -2.43. The molecule has 8 heteroatoms. The number of fused-ring (bicyclic) bond motifs is 2. The highest BCUT2D eigenvalue weighted by Gasteiger charge is 2.46. The second kappa shape index (κ2) is 8.87. The van der Waals surface area contributed by atoms with Crippen molar-refractivity contribution >= 4 is 28.7 Å². The summed E-state index contributed by atoms with van der Waals surface area (Å²) in [4.78, 5) is 46.0. The molecule has 1 atom stereocenters. The number of hydrogen-bond acceptors (Lipinski definition) is 4. The first-order valence-corrected chi connectivity index (χ1v) is 10.5. The van der Waals surface area contributed by atoms with Crippen molar-refractivity contribution in [2.24, 2.45) is 0 Å². The van der Waals surface area contributed by atoms with Crippen LogP contribution in [0, 0.1) is 0 Å². The van der Waals surface area contributed by atoms with Crippen LogP contribution in [0.5, 0.6) is 0 Å². The molecule has 1 aromatic heterocycles. The zero-order chi connectivity index (χ0) is 21.1. The Morgan fingerprint density at radius 2 is 2.07 bits per heavy atom. The lowest BCUT2D eigenvalue weighted by atomic mass is 10.1. The lowest BCUT2D eigenvalue weighted by Gasteiger charge is -2.23. The van der Waals surface area contributed by atoms with Crippen molar-refractivity contribution in [2.45, 2.75) is 31.7 Å². The van der Waals surface area contributed by atoms with Gasteiger partial charge >= 0.3 is 6.03 Å². The highest BCUT2D eigenvalue weighted by molar-refractivity contribution is 6.04. The number of aromatic nitrogens is 1. The van der Waals surface area contributed by atoms with E-state index in [2.05, 4.69) is 11.1 Å². The number of urea groups is 1. The Balaban J connectivity index is 1.34. The molecule has 1 aromatic carbocycles. The molecular formula is C22H28N4O4. The summed E-state index contributed by atoms with van der Waals surface area (Å²) in [5.74, 6) is -0.178. The number of carbonyl (C=O) groups is 3. The molecule has 30 heavy (non-hydrogen) atoms. The molecular weight excluding hydrogens is 384 g/mol. The van der Waals surface area contributed by atoms with Crippen molar-refractivity contribution in [1.29, 1.82) is 0 Å². The quantitative estimate of drug-likeness (QED) is 0.705. The van der Waals surface area contributed by atoms with E-state index in [1.54, 1.807) is 16.9 Å². The smallest absolute Gasteiger partial charge is 0.327 e. The molecule has 0 spiro atoms. The standard InChI is InChI=1S/C22H28N4O4/c1-30-13-12-26-21(28)19-15-24(10-5-11-25(19)22(26)29)20(27)9-4-6-16-14-23-18-8-3-2-7-17(16)18/h2-3,7-8,14,19,23H,4-6,9-13,15H2,1H3. The number of para-hydroxylation sites is 1. The van der Waals surface area contributed by atoms with E-state index in [9.17, 15) is 14.4 Å². The summed E-state index contributed by atoms with van der Waals surface area (Å²) in [6, 6.07) is 7.31. The number of methoxy groups -OCH3 is 1. The molecule has 1 N–H and O–H groups in total. The van der Waals surface area contributed by atoms with Crippen LogP contribution in [0.15, 0.2) is 30.5 Å². The van der Waals surface area contributed by atoms with E-state index in [0.29, 0.717) is 32.5 Å². The number of H-pyrrole nitrogens is 1. The van der Waals surface area contributed by atoms with E-state index < -0.39 is 6.04 Å². The first-order chi connectivity index (χ1) is 14.6. The molecule has 2 aromatic rings. The number of nitrogens with one attached hydrogen (secondary N) is 1. The van der Waals surface area contributed by atoms with Crippen LogP contribution < -0.4 is 0 Å². The van der Waals surface area contributed by atoms with Crippen LogP contribution in [0.4, 0.5) is 4.79 Å². The lowest BCUT2D eigenvalue weighted by molar-refractivity contribution is -0.133. The topological polar surface area (TPSA) is 85.9 Å². The predicted molar refractivity (Wildman–Crippen MR) is 112 cm³/mol. The maximum Gasteiger partial charge on any atom is 0.327 e. The Morgan fingerprint density at radius 1 is 1.23 bits per heavy atom. The highest BCUT2D eigenvalue weighted by Crippen LogP contribution is 2.23. The van der Waals surface area contributed by atoms with Crippen LogP contribution in [-0.4, -0.2) is 83.5 Å². The van der Waals surface area contributed by atoms with E-state index in [1.807, 2.05) is 24.4 Å². The second-order valence-corrected chi connectivity index (χ2v) is 7.88. The first kappa shape index (κ1) is 20.4. The van der Waals surface area contributed by atoms with Gasteiger partial charge in [0.1, 0.15) is 6.04 Å². The third-order valence-corrected chi connectivity index (χ3v) is 6.01. The van der Waals surface area contributed by atoms with Gasteiger partial charge in [-0.05, 0) is 30.9 Å². The van der Waals surface area contributed by atoms with Crippen LogP contribution in [-0.2, 0) is 20.7 Å². The molecule has 2 aliphatic rings. The third-order valence-electron chi connectivity index (χ3n) is 6.01. The molecule has 3 heterocycles. The van der Waals surface area contributed by atoms with Crippen LogP contribution in [0.3, 0.4) is 0 Å². The van der Waals surface area contributed by atoms with Gasteiger partial charge in [-0.15, -0.1) is 0 Å². The SMILES string of the molecule is COCCN1C(=O)C2CN(C(=O)CCCc3c[nH]c4ccccc34)CCCN2C1=O. The number of rotatable bonds is 7. The van der Waals surface area contributed by atoms with Crippen LogP contribution >= 0.6 is 0 Å². The van der Waals surface area contributed by atoms with Gasteiger partial charge in [0.05, 0.1) is 19.7 Å². The molecule has 0 bridgehead atoms. The zero-order valence-corrected chi connectivity index (χ0v) is 17.3. The molecule has 8 nitrogen and oxygen atoms in total.